The molecule has 0 radical (unpaired) electrons. The second-order valence-electron chi connectivity index (χ2n) is 22.4. The molecule has 12 heterocycles. The van der Waals surface area contributed by atoms with Gasteiger partial charge in [0, 0.05) is 56.2 Å². The Morgan fingerprint density at radius 3 is 1.23 bits per heavy atom. The third-order valence-electron chi connectivity index (χ3n) is 15.9. The Morgan fingerprint density at radius 2 is 0.918 bits per heavy atom. The number of carbonyl (C=O) groups excluding carboxylic acids is 3. The number of halogens is 1. The average molecular weight is 1340 g/mol. The smallest absolute Gasteiger partial charge is 0.291 e. The van der Waals surface area contributed by atoms with Crippen molar-refractivity contribution in [1.29, 1.82) is 0 Å². The Hall–Kier alpha value is -12.3. The summed E-state index contributed by atoms with van der Waals surface area (Å²) in [5.41, 5.74) is 7.19. The average Bonchev–Trinajstić information content (AvgIpc) is 1.68. The molecule has 12 aromatic rings. The normalized spacial score (nSPS) is 17.4. The molecule has 3 aliphatic rings. The number of pyridine rings is 3. The Morgan fingerprint density at radius 1 is 0.531 bits per heavy atom. The highest BCUT2D eigenvalue weighted by Crippen LogP contribution is 2.39. The summed E-state index contributed by atoms with van der Waals surface area (Å²) in [6.07, 6.45) is 25.5. The summed E-state index contributed by atoms with van der Waals surface area (Å²) < 4.78 is 41.5. The number of carboxylic acid groups (broad SMARTS) is 2. The third-order valence-corrected chi connectivity index (χ3v) is 15.9. The molecular weight excluding hydrogens is 1270 g/mol. The predicted octanol–water partition coefficient (Wildman–Crippen LogP) is 9.99. The molecule has 0 aliphatic heterocycles. The molecule has 98 heavy (non-hydrogen) atoms. The van der Waals surface area contributed by atoms with Gasteiger partial charge in [-0.25, -0.2) is 4.39 Å². The summed E-state index contributed by atoms with van der Waals surface area (Å²) in [5.74, 6) is 0.501. The minimum atomic E-state index is -0.445. The molecule has 15 rings (SSSR count). The van der Waals surface area contributed by atoms with Crippen molar-refractivity contribution in [3.05, 3.63) is 182 Å². The number of aromatic amines is 3. The van der Waals surface area contributed by atoms with Gasteiger partial charge in [-0.1, -0.05) is 12.1 Å². The number of hydrogen-bond donors (Lipinski definition) is 10. The van der Waals surface area contributed by atoms with Gasteiger partial charge in [-0.3, -0.25) is 68.3 Å². The number of H-pyrrole nitrogens is 3. The Labute approximate surface area is 555 Å². The van der Waals surface area contributed by atoms with Crippen molar-refractivity contribution >= 4 is 47.7 Å². The Bertz CT molecular complexity index is 4330. The minimum absolute atomic E-state index is 0.0874. The summed E-state index contributed by atoms with van der Waals surface area (Å²) in [4.78, 5) is 68.1. The first-order valence-corrected chi connectivity index (χ1v) is 30.8. The lowest BCUT2D eigenvalue weighted by Crippen LogP contribution is -2.33. The second kappa shape index (κ2) is 31.8. The molecule has 504 valence electrons. The monoisotopic (exact) mass is 1340 g/mol. The van der Waals surface area contributed by atoms with Gasteiger partial charge in [-0.2, -0.15) is 30.6 Å². The number of anilines is 3. The number of nitrogens with one attached hydrogen (secondary N) is 6. The van der Waals surface area contributed by atoms with Gasteiger partial charge in [-0.15, -0.1) is 0 Å². The van der Waals surface area contributed by atoms with Gasteiger partial charge in [0.1, 0.15) is 40.2 Å². The topological polar surface area (TPSA) is 429 Å². The van der Waals surface area contributed by atoms with Crippen molar-refractivity contribution in [2.75, 3.05) is 22.6 Å². The van der Waals surface area contributed by atoms with E-state index in [1.54, 1.807) is 105 Å². The number of ether oxygens (including phenoxy) is 1. The second-order valence-corrected chi connectivity index (χ2v) is 22.4. The van der Waals surface area contributed by atoms with E-state index in [9.17, 15) is 29.0 Å². The van der Waals surface area contributed by atoms with Crippen LogP contribution in [-0.4, -0.2) is 151 Å². The van der Waals surface area contributed by atoms with Gasteiger partial charge < -0.3 is 54.4 Å². The summed E-state index contributed by atoms with van der Waals surface area (Å²) in [5, 5.41) is 76.0. The fourth-order valence-corrected chi connectivity index (χ4v) is 11.1. The molecule has 31 nitrogen and oxygen atoms in total. The lowest BCUT2D eigenvalue weighted by Gasteiger charge is -2.34. The van der Waals surface area contributed by atoms with Crippen molar-refractivity contribution in [3.63, 3.8) is 0 Å². The number of furan rings is 3. The van der Waals surface area contributed by atoms with Crippen LogP contribution in [0.2, 0.25) is 0 Å². The Balaban J connectivity index is 0.000000143. The summed E-state index contributed by atoms with van der Waals surface area (Å²) in [6, 6.07) is 24.2. The van der Waals surface area contributed by atoms with Crippen LogP contribution < -0.4 is 16.0 Å². The van der Waals surface area contributed by atoms with Crippen molar-refractivity contribution in [2.24, 2.45) is 0 Å². The lowest BCUT2D eigenvalue weighted by molar-refractivity contribution is -0.123. The molecule has 4 atom stereocenters. The maximum atomic E-state index is 13.4. The summed E-state index contributed by atoms with van der Waals surface area (Å²) in [6.45, 7) is 2.15. The number of carbonyl (C=O) groups is 5. The van der Waals surface area contributed by atoms with Gasteiger partial charge in [0.05, 0.1) is 112 Å². The molecule has 0 unspecified atom stereocenters. The number of amides is 3. The third kappa shape index (κ3) is 16.4. The first-order valence-electron chi connectivity index (χ1n) is 30.8. The fraction of sp³-hybridized carbons (Fsp3) is 0.242. The van der Waals surface area contributed by atoms with Crippen molar-refractivity contribution < 1.29 is 66.8 Å². The molecule has 0 aromatic carbocycles. The van der Waals surface area contributed by atoms with Crippen LogP contribution in [0.15, 0.2) is 173 Å². The van der Waals surface area contributed by atoms with Crippen LogP contribution in [0.1, 0.15) is 108 Å². The van der Waals surface area contributed by atoms with E-state index in [1.165, 1.54) is 12.1 Å². The van der Waals surface area contributed by atoms with E-state index in [0.29, 0.717) is 88.0 Å². The molecule has 10 N–H and O–H groups in total. The van der Waals surface area contributed by atoms with Gasteiger partial charge in [0.15, 0.2) is 17.3 Å². The van der Waals surface area contributed by atoms with E-state index in [4.69, 9.17) is 37.8 Å². The van der Waals surface area contributed by atoms with E-state index in [-0.39, 0.29) is 78.5 Å². The predicted molar refractivity (Wildman–Crippen MR) is 348 cm³/mol. The molecule has 12 aromatic heterocycles. The van der Waals surface area contributed by atoms with Gasteiger partial charge in [-0.05, 0) is 131 Å². The number of nitrogens with zero attached hydrogens (tertiary/aromatic N) is 12. The molecule has 3 fully saturated rings. The zero-order chi connectivity index (χ0) is 68.5. The molecule has 0 saturated heterocycles. The number of aliphatic hydroxyl groups excluding tert-OH is 2. The molecule has 0 spiro atoms. The standard InChI is InChI=1S/C22H21FN6O3.2C21H20N6O3.2CH2O2/c1-2-31-16-7-15(8-16)29-12-18(21(28-29)17-4-3-14(23)11-24-17)27-22(30)20-6-5-19(32-20)13-9-25-26-10-13;2*28-15-5-4-14(9-15)27-12-17(20(26-27)16-3-1-2-8-22-16)25-21(29)19-7-6-18(30-19)13-10-23-24-11-13;2*2-1-3/h3-6,9-12,15-16H,2,7-8H2,1H3,(H,25,26)(H,27,30);2*1-3,6-8,10-12,14-15,28H,4-5,9H2,(H,23,24)(H,25,29);2*1H,(H,2,3)/t;2*14-,15-;;/m.00../s1. The van der Waals surface area contributed by atoms with Crippen LogP contribution in [0.25, 0.3) is 68.1 Å². The minimum Gasteiger partial charge on any atom is -0.483 e. The van der Waals surface area contributed by atoms with Crippen LogP contribution in [-0.2, 0) is 14.3 Å². The van der Waals surface area contributed by atoms with E-state index < -0.39 is 11.7 Å². The number of hydrogen-bond acceptors (Lipinski definition) is 20. The molecule has 32 heteroatoms. The van der Waals surface area contributed by atoms with Gasteiger partial charge in [0.25, 0.3) is 30.7 Å². The number of rotatable bonds is 17. The zero-order valence-corrected chi connectivity index (χ0v) is 52.2. The summed E-state index contributed by atoms with van der Waals surface area (Å²) >= 11 is 0. The SMILES string of the molecule is CCOC1CC(n2cc(NC(=O)c3ccc(-c4cn[nH]c4)o3)c(-c3ccc(F)cn3)n2)C1.O=C(Nc1cn([C@H]2CC[C@H](O)C2)nc1-c1ccccn1)c1ccc(-c2cn[nH]c2)o1.O=C(Nc1cn([C@H]2CC[C@H](O)C2)nc1-c1ccccn1)c1ccc(-c2cn[nH]c2)o1.O=CO.O=CO. The van der Waals surface area contributed by atoms with E-state index in [1.807, 2.05) is 57.4 Å². The maximum Gasteiger partial charge on any atom is 0.291 e. The highest BCUT2D eigenvalue weighted by molar-refractivity contribution is 6.06. The van der Waals surface area contributed by atoms with Gasteiger partial charge in [0.2, 0.25) is 0 Å². The largest absolute Gasteiger partial charge is 0.483 e. The van der Waals surface area contributed by atoms with Crippen LogP contribution in [0.4, 0.5) is 21.5 Å². The molecule has 3 saturated carbocycles. The van der Waals surface area contributed by atoms with Gasteiger partial charge >= 0.3 is 0 Å². The summed E-state index contributed by atoms with van der Waals surface area (Å²) in [7, 11) is 0. The molecular formula is C66H65FN18O13. The number of aromatic nitrogens is 15. The van der Waals surface area contributed by atoms with Crippen LogP contribution in [0.5, 0.6) is 0 Å². The van der Waals surface area contributed by atoms with Crippen molar-refractivity contribution in [3.8, 4) is 68.1 Å². The Kier molecular flexibility index (Phi) is 21.8. The maximum absolute atomic E-state index is 13.4. The van der Waals surface area contributed by atoms with Crippen LogP contribution in [0.3, 0.4) is 0 Å². The zero-order valence-electron chi connectivity index (χ0n) is 52.2. The fourth-order valence-electron chi connectivity index (χ4n) is 11.1. The van der Waals surface area contributed by atoms with Crippen LogP contribution >= 0.6 is 0 Å². The first kappa shape index (κ1) is 67.1. The lowest BCUT2D eigenvalue weighted by atomic mass is 9.89. The quantitative estimate of drug-likeness (QED) is 0.0379. The molecule has 3 amide bonds. The van der Waals surface area contributed by atoms with Crippen molar-refractivity contribution in [2.45, 2.75) is 94.7 Å². The van der Waals surface area contributed by atoms with E-state index in [2.05, 4.69) is 76.8 Å². The highest BCUT2D eigenvalue weighted by atomic mass is 19.1. The van der Waals surface area contributed by atoms with Crippen molar-refractivity contribution in [1.82, 2.24) is 74.9 Å². The van der Waals surface area contributed by atoms with Crippen LogP contribution in [0, 0.1) is 5.82 Å². The highest BCUT2D eigenvalue weighted by Gasteiger charge is 2.34. The molecule has 0 bridgehead atoms. The number of aliphatic hydroxyl groups is 2. The molecule has 3 aliphatic carbocycles. The first-order chi connectivity index (χ1) is 47.8. The van der Waals surface area contributed by atoms with E-state index >= 15 is 0 Å². The van der Waals surface area contributed by atoms with E-state index in [0.717, 1.165) is 61.4 Å².